The van der Waals surface area contributed by atoms with E-state index in [1.54, 1.807) is 50.2 Å². The van der Waals surface area contributed by atoms with E-state index in [0.717, 1.165) is 0 Å². The molecule has 7 nitrogen and oxygen atoms in total. The van der Waals surface area contributed by atoms with Crippen LogP contribution < -0.4 is 5.32 Å². The summed E-state index contributed by atoms with van der Waals surface area (Å²) in [7, 11) is 0. The summed E-state index contributed by atoms with van der Waals surface area (Å²) >= 11 is 0. The van der Waals surface area contributed by atoms with Crippen molar-refractivity contribution < 1.29 is 24.2 Å². The lowest BCUT2D eigenvalue weighted by molar-refractivity contribution is -0.148. The molecule has 0 saturated heterocycles. The first-order valence-corrected chi connectivity index (χ1v) is 9.40. The molecule has 0 aliphatic heterocycles. The maximum absolute atomic E-state index is 13.1. The van der Waals surface area contributed by atoms with Gasteiger partial charge < -0.3 is 15.2 Å². The Kier molecular flexibility index (Phi) is 6.07. The number of fused-ring (bicyclic) bond motifs is 2. The standard InChI is InChI=1S/C22H22N2O5/c1-3-29-22(28)13(2)12-18(21(26)27)24-20(25)19-14-8-4-6-10-16(14)23-17-11-7-5-9-15(17)19/h4-11,13,18H,3,12H2,1-2H3,(H,24,25)(H,26,27)/t13-,18-/m1/s1. The average Bonchev–Trinajstić information content (AvgIpc) is 2.71. The minimum atomic E-state index is -1.23. The second-order valence-electron chi connectivity index (χ2n) is 6.77. The minimum absolute atomic E-state index is 0.0686. The third kappa shape index (κ3) is 4.34. The summed E-state index contributed by atoms with van der Waals surface area (Å²) in [5, 5.41) is 13.4. The number of aromatic nitrogens is 1. The monoisotopic (exact) mass is 394 g/mol. The highest BCUT2D eigenvalue weighted by Crippen LogP contribution is 2.26. The predicted octanol–water partition coefficient (Wildman–Crippen LogP) is 3.16. The number of hydrogen-bond donors (Lipinski definition) is 2. The molecule has 2 aromatic carbocycles. The van der Waals surface area contributed by atoms with Crippen LogP contribution in [0, 0.1) is 5.92 Å². The van der Waals surface area contributed by atoms with Crippen LogP contribution in [0.1, 0.15) is 30.6 Å². The Morgan fingerprint density at radius 2 is 1.59 bits per heavy atom. The fraction of sp³-hybridized carbons (Fsp3) is 0.273. The second-order valence-corrected chi connectivity index (χ2v) is 6.77. The fourth-order valence-electron chi connectivity index (χ4n) is 3.27. The van der Waals surface area contributed by atoms with Crippen LogP contribution in [-0.4, -0.2) is 40.6 Å². The maximum atomic E-state index is 13.1. The lowest BCUT2D eigenvalue weighted by Gasteiger charge is -2.19. The first-order valence-electron chi connectivity index (χ1n) is 9.40. The van der Waals surface area contributed by atoms with Gasteiger partial charge in [-0.1, -0.05) is 43.3 Å². The zero-order chi connectivity index (χ0) is 21.0. The number of benzene rings is 2. The Labute approximate surface area is 167 Å². The number of carbonyl (C=O) groups is 3. The summed E-state index contributed by atoms with van der Waals surface area (Å²) < 4.78 is 4.94. The molecule has 0 radical (unpaired) electrons. The number of pyridine rings is 1. The van der Waals surface area contributed by atoms with Gasteiger partial charge in [0.25, 0.3) is 5.91 Å². The molecule has 0 fully saturated rings. The molecule has 29 heavy (non-hydrogen) atoms. The molecule has 2 N–H and O–H groups in total. The summed E-state index contributed by atoms with van der Waals surface area (Å²) in [5.41, 5.74) is 1.65. The van der Waals surface area contributed by atoms with Crippen molar-refractivity contribution in [2.45, 2.75) is 26.3 Å². The SMILES string of the molecule is CCOC(=O)[C@H](C)C[C@@H](NC(=O)c1c2ccccc2nc2ccccc12)C(=O)O. The minimum Gasteiger partial charge on any atom is -0.480 e. The van der Waals surface area contributed by atoms with Crippen molar-refractivity contribution in [1.82, 2.24) is 10.3 Å². The molecule has 0 saturated carbocycles. The largest absolute Gasteiger partial charge is 0.480 e. The highest BCUT2D eigenvalue weighted by Gasteiger charge is 2.28. The van der Waals surface area contributed by atoms with Crippen LogP contribution in [-0.2, 0) is 14.3 Å². The van der Waals surface area contributed by atoms with Crippen molar-refractivity contribution >= 4 is 39.7 Å². The number of para-hydroxylation sites is 2. The van der Waals surface area contributed by atoms with Gasteiger partial charge in [-0.05, 0) is 25.5 Å². The zero-order valence-corrected chi connectivity index (χ0v) is 16.2. The van der Waals surface area contributed by atoms with Gasteiger partial charge >= 0.3 is 11.9 Å². The van der Waals surface area contributed by atoms with Gasteiger partial charge in [-0.2, -0.15) is 0 Å². The highest BCUT2D eigenvalue weighted by atomic mass is 16.5. The molecule has 1 amide bonds. The van der Waals surface area contributed by atoms with Crippen LogP contribution in [0.5, 0.6) is 0 Å². The number of nitrogens with one attached hydrogen (secondary N) is 1. The highest BCUT2D eigenvalue weighted by molar-refractivity contribution is 6.16. The number of ether oxygens (including phenoxy) is 1. The summed E-state index contributed by atoms with van der Waals surface area (Å²) in [5.74, 6) is -2.89. The molecule has 3 aromatic rings. The van der Waals surface area contributed by atoms with Gasteiger partial charge in [0.1, 0.15) is 6.04 Å². The fourth-order valence-corrected chi connectivity index (χ4v) is 3.27. The van der Waals surface area contributed by atoms with Crippen LogP contribution in [0.3, 0.4) is 0 Å². The lowest BCUT2D eigenvalue weighted by atomic mass is 9.99. The first kappa shape index (κ1) is 20.3. The number of carboxylic acids is 1. The molecule has 1 heterocycles. The lowest BCUT2D eigenvalue weighted by Crippen LogP contribution is -2.43. The quantitative estimate of drug-likeness (QED) is 0.471. The van der Waals surface area contributed by atoms with Crippen molar-refractivity contribution in [3.8, 4) is 0 Å². The Morgan fingerprint density at radius 3 is 2.10 bits per heavy atom. The van der Waals surface area contributed by atoms with Gasteiger partial charge in [0.05, 0.1) is 29.1 Å². The van der Waals surface area contributed by atoms with E-state index >= 15 is 0 Å². The summed E-state index contributed by atoms with van der Waals surface area (Å²) in [4.78, 5) is 41.3. The number of rotatable bonds is 7. The van der Waals surface area contributed by atoms with Crippen molar-refractivity contribution in [2.75, 3.05) is 6.61 Å². The third-order valence-electron chi connectivity index (χ3n) is 4.70. The molecular weight excluding hydrogens is 372 g/mol. The van der Waals surface area contributed by atoms with Crippen LogP contribution in [0.25, 0.3) is 21.8 Å². The molecule has 150 valence electrons. The number of carbonyl (C=O) groups excluding carboxylic acids is 2. The summed E-state index contributed by atoms with van der Waals surface area (Å²) in [6, 6.07) is 13.2. The zero-order valence-electron chi connectivity index (χ0n) is 16.2. The molecule has 3 rings (SSSR count). The molecule has 2 atom stereocenters. The second kappa shape index (κ2) is 8.68. The van der Waals surface area contributed by atoms with Gasteiger partial charge in [-0.15, -0.1) is 0 Å². The van der Waals surface area contributed by atoms with Gasteiger partial charge in [-0.3, -0.25) is 9.59 Å². The van der Waals surface area contributed by atoms with Gasteiger partial charge in [-0.25, -0.2) is 9.78 Å². The van der Waals surface area contributed by atoms with Gasteiger partial charge in [0.15, 0.2) is 0 Å². The van der Waals surface area contributed by atoms with E-state index in [-0.39, 0.29) is 13.0 Å². The molecule has 0 aliphatic rings. The van der Waals surface area contributed by atoms with Crippen LogP contribution in [0.4, 0.5) is 0 Å². The van der Waals surface area contributed by atoms with Crippen molar-refractivity contribution in [3.05, 3.63) is 54.1 Å². The molecule has 1 aromatic heterocycles. The normalized spacial score (nSPS) is 13.0. The van der Waals surface area contributed by atoms with E-state index < -0.39 is 29.8 Å². The van der Waals surface area contributed by atoms with E-state index in [1.165, 1.54) is 0 Å². The van der Waals surface area contributed by atoms with E-state index in [0.29, 0.717) is 27.4 Å². The number of esters is 1. The van der Waals surface area contributed by atoms with Crippen molar-refractivity contribution in [2.24, 2.45) is 5.92 Å². The van der Waals surface area contributed by atoms with E-state index in [4.69, 9.17) is 4.74 Å². The van der Waals surface area contributed by atoms with Crippen LogP contribution >= 0.6 is 0 Å². The van der Waals surface area contributed by atoms with Crippen LogP contribution in [0.2, 0.25) is 0 Å². The topological polar surface area (TPSA) is 106 Å². The Morgan fingerprint density at radius 1 is 1.03 bits per heavy atom. The molecular formula is C22H22N2O5. The van der Waals surface area contributed by atoms with Crippen LogP contribution in [0.15, 0.2) is 48.5 Å². The number of hydrogen-bond acceptors (Lipinski definition) is 5. The molecule has 7 heteroatoms. The molecule has 0 aliphatic carbocycles. The molecule has 0 spiro atoms. The number of amides is 1. The Bertz CT molecular complexity index is 1030. The van der Waals surface area contributed by atoms with E-state index in [9.17, 15) is 19.5 Å². The third-order valence-corrected chi connectivity index (χ3v) is 4.70. The average molecular weight is 394 g/mol. The number of aliphatic carboxylic acids is 1. The van der Waals surface area contributed by atoms with E-state index in [1.807, 2.05) is 12.1 Å². The van der Waals surface area contributed by atoms with Crippen molar-refractivity contribution in [3.63, 3.8) is 0 Å². The molecule has 0 bridgehead atoms. The van der Waals surface area contributed by atoms with Gasteiger partial charge in [0.2, 0.25) is 0 Å². The summed E-state index contributed by atoms with van der Waals surface area (Å²) in [6.07, 6.45) is -0.0686. The van der Waals surface area contributed by atoms with E-state index in [2.05, 4.69) is 10.3 Å². The van der Waals surface area contributed by atoms with Gasteiger partial charge in [0, 0.05) is 10.8 Å². The molecule has 0 unspecified atom stereocenters. The Hall–Kier alpha value is -3.48. The first-order chi connectivity index (χ1) is 13.9. The number of carboxylic acid groups (broad SMARTS) is 1. The Balaban J connectivity index is 1.97. The predicted molar refractivity (Wildman–Crippen MR) is 109 cm³/mol. The maximum Gasteiger partial charge on any atom is 0.326 e. The smallest absolute Gasteiger partial charge is 0.326 e. The summed E-state index contributed by atoms with van der Waals surface area (Å²) in [6.45, 7) is 3.47. The number of nitrogens with zero attached hydrogens (tertiary/aromatic N) is 1. The van der Waals surface area contributed by atoms with Crippen molar-refractivity contribution in [1.29, 1.82) is 0 Å².